The van der Waals surface area contributed by atoms with Crippen LogP contribution in [0.2, 0.25) is 0 Å². The van der Waals surface area contributed by atoms with Crippen LogP contribution < -0.4 is 10.0 Å². The summed E-state index contributed by atoms with van der Waals surface area (Å²) >= 11 is 0. The maximum absolute atomic E-state index is 13.0. The normalized spacial score (nSPS) is 11.9. The highest BCUT2D eigenvalue weighted by molar-refractivity contribution is 7.92. The first-order valence-corrected chi connectivity index (χ1v) is 11.0. The third kappa shape index (κ3) is 6.54. The number of hydrogen-bond acceptors (Lipinski definition) is 4. The average molecular weight is 422 g/mol. The van der Waals surface area contributed by atoms with Gasteiger partial charge in [-0.25, -0.2) is 12.8 Å². The van der Waals surface area contributed by atoms with Crippen molar-refractivity contribution in [3.63, 3.8) is 0 Å². The minimum Gasteiger partial charge on any atom is -0.351 e. The molecule has 0 saturated carbocycles. The van der Waals surface area contributed by atoms with Crippen molar-refractivity contribution in [3.8, 4) is 0 Å². The van der Waals surface area contributed by atoms with E-state index < -0.39 is 15.8 Å². The Morgan fingerprint density at radius 2 is 1.52 bits per heavy atom. The SMILES string of the molecule is CC(C)N(CCNC(=O)c1ccc(NS(=O)(=O)c2ccc(F)cc2)cc1)C(C)C. The zero-order chi connectivity index (χ0) is 21.6. The number of rotatable bonds is 9. The molecule has 0 aliphatic heterocycles. The van der Waals surface area contributed by atoms with Gasteiger partial charge in [0.1, 0.15) is 5.82 Å². The first-order chi connectivity index (χ1) is 13.6. The maximum Gasteiger partial charge on any atom is 0.261 e. The average Bonchev–Trinajstić information content (AvgIpc) is 2.65. The quantitative estimate of drug-likeness (QED) is 0.650. The Balaban J connectivity index is 1.95. The molecule has 0 spiro atoms. The highest BCUT2D eigenvalue weighted by Gasteiger charge is 2.15. The van der Waals surface area contributed by atoms with Gasteiger partial charge >= 0.3 is 0 Å². The van der Waals surface area contributed by atoms with Gasteiger partial charge in [-0.2, -0.15) is 0 Å². The molecule has 29 heavy (non-hydrogen) atoms. The van der Waals surface area contributed by atoms with E-state index in [0.29, 0.717) is 29.9 Å². The Morgan fingerprint density at radius 3 is 2.03 bits per heavy atom. The fraction of sp³-hybridized carbons (Fsp3) is 0.381. The summed E-state index contributed by atoms with van der Waals surface area (Å²) in [6.07, 6.45) is 0. The molecule has 0 atom stereocenters. The van der Waals surface area contributed by atoms with E-state index in [1.807, 2.05) is 0 Å². The number of carbonyl (C=O) groups is 1. The van der Waals surface area contributed by atoms with E-state index in [9.17, 15) is 17.6 Å². The van der Waals surface area contributed by atoms with Crippen molar-refractivity contribution in [2.24, 2.45) is 0 Å². The summed E-state index contributed by atoms with van der Waals surface area (Å²) < 4.78 is 40.1. The third-order valence-corrected chi connectivity index (χ3v) is 5.90. The predicted molar refractivity (Wildman–Crippen MR) is 113 cm³/mol. The van der Waals surface area contributed by atoms with Gasteiger partial charge in [-0.3, -0.25) is 14.4 Å². The fourth-order valence-electron chi connectivity index (χ4n) is 3.03. The van der Waals surface area contributed by atoms with E-state index in [0.717, 1.165) is 18.7 Å². The van der Waals surface area contributed by atoms with Gasteiger partial charge in [-0.15, -0.1) is 0 Å². The van der Waals surface area contributed by atoms with Crippen molar-refractivity contribution in [1.29, 1.82) is 0 Å². The zero-order valence-corrected chi connectivity index (χ0v) is 18.0. The Bertz CT molecular complexity index is 903. The first kappa shape index (κ1) is 22.8. The van der Waals surface area contributed by atoms with Gasteiger partial charge in [0.05, 0.1) is 4.90 Å². The van der Waals surface area contributed by atoms with Crippen LogP contribution in [0.25, 0.3) is 0 Å². The lowest BCUT2D eigenvalue weighted by atomic mass is 10.2. The number of amides is 1. The van der Waals surface area contributed by atoms with Gasteiger partial charge in [0.25, 0.3) is 15.9 Å². The maximum atomic E-state index is 13.0. The standard InChI is InChI=1S/C21H28FN3O3S/c1-15(2)25(16(3)4)14-13-23-21(26)17-5-9-19(10-6-17)24-29(27,28)20-11-7-18(22)8-12-20/h5-12,15-16,24H,13-14H2,1-4H3,(H,23,26). The lowest BCUT2D eigenvalue weighted by molar-refractivity contribution is 0.0939. The molecular formula is C21H28FN3O3S. The first-order valence-electron chi connectivity index (χ1n) is 9.52. The number of anilines is 1. The highest BCUT2D eigenvalue weighted by Crippen LogP contribution is 2.17. The largest absolute Gasteiger partial charge is 0.351 e. The summed E-state index contributed by atoms with van der Waals surface area (Å²) in [4.78, 5) is 14.6. The van der Waals surface area contributed by atoms with Gasteiger partial charge in [0.2, 0.25) is 0 Å². The van der Waals surface area contributed by atoms with Crippen molar-refractivity contribution in [3.05, 3.63) is 59.9 Å². The molecule has 0 heterocycles. The van der Waals surface area contributed by atoms with Crippen LogP contribution >= 0.6 is 0 Å². The fourth-order valence-corrected chi connectivity index (χ4v) is 4.09. The van der Waals surface area contributed by atoms with Crippen LogP contribution in [0.3, 0.4) is 0 Å². The third-order valence-electron chi connectivity index (χ3n) is 4.51. The highest BCUT2D eigenvalue weighted by atomic mass is 32.2. The van der Waals surface area contributed by atoms with Crippen LogP contribution in [0.4, 0.5) is 10.1 Å². The van der Waals surface area contributed by atoms with Crippen molar-refractivity contribution in [2.45, 2.75) is 44.7 Å². The molecule has 8 heteroatoms. The topological polar surface area (TPSA) is 78.5 Å². The van der Waals surface area contributed by atoms with Gasteiger partial charge in [0.15, 0.2) is 0 Å². The number of benzene rings is 2. The van der Waals surface area contributed by atoms with E-state index in [1.165, 1.54) is 24.3 Å². The molecule has 6 nitrogen and oxygen atoms in total. The van der Waals surface area contributed by atoms with Gasteiger partial charge < -0.3 is 5.32 Å². The number of nitrogens with zero attached hydrogens (tertiary/aromatic N) is 1. The van der Waals surface area contributed by atoms with Crippen molar-refractivity contribution in [1.82, 2.24) is 10.2 Å². The molecule has 0 aromatic heterocycles. The van der Waals surface area contributed by atoms with Crippen LogP contribution in [0.15, 0.2) is 53.4 Å². The summed E-state index contributed by atoms with van der Waals surface area (Å²) in [5.74, 6) is -0.727. The van der Waals surface area contributed by atoms with Crippen molar-refractivity contribution >= 4 is 21.6 Å². The molecule has 2 rings (SSSR count). The molecule has 0 aliphatic carbocycles. The lowest BCUT2D eigenvalue weighted by Gasteiger charge is -2.30. The summed E-state index contributed by atoms with van der Waals surface area (Å²) in [6.45, 7) is 9.74. The second-order valence-electron chi connectivity index (χ2n) is 7.32. The predicted octanol–water partition coefficient (Wildman–Crippen LogP) is 3.48. The molecular weight excluding hydrogens is 393 g/mol. The van der Waals surface area contributed by atoms with Crippen LogP contribution in [-0.4, -0.2) is 44.4 Å². The van der Waals surface area contributed by atoms with Gasteiger partial charge in [-0.1, -0.05) is 0 Å². The number of hydrogen-bond donors (Lipinski definition) is 2. The Hall–Kier alpha value is -2.45. The molecule has 1 amide bonds. The zero-order valence-electron chi connectivity index (χ0n) is 17.1. The molecule has 0 fully saturated rings. The number of carbonyl (C=O) groups excluding carboxylic acids is 1. The molecule has 2 aromatic rings. The van der Waals surface area contributed by atoms with Crippen LogP contribution in [0.1, 0.15) is 38.1 Å². The van der Waals surface area contributed by atoms with Crippen molar-refractivity contribution in [2.75, 3.05) is 17.8 Å². The number of halogens is 1. The van der Waals surface area contributed by atoms with E-state index in [-0.39, 0.29) is 10.8 Å². The minimum atomic E-state index is -3.83. The monoisotopic (exact) mass is 421 g/mol. The van der Waals surface area contributed by atoms with Crippen molar-refractivity contribution < 1.29 is 17.6 Å². The Morgan fingerprint density at radius 1 is 0.966 bits per heavy atom. The molecule has 0 aliphatic rings. The van der Waals surface area contributed by atoms with Crippen LogP contribution in [0, 0.1) is 5.82 Å². The van der Waals surface area contributed by atoms with Gasteiger partial charge in [0, 0.05) is 36.4 Å². The molecule has 0 radical (unpaired) electrons. The molecule has 158 valence electrons. The van der Waals surface area contributed by atoms with Crippen LogP contribution in [-0.2, 0) is 10.0 Å². The Labute approximate surface area is 172 Å². The Kier molecular flexibility index (Phi) is 7.75. The molecule has 0 saturated heterocycles. The van der Waals surface area contributed by atoms with E-state index >= 15 is 0 Å². The van der Waals surface area contributed by atoms with Crippen LogP contribution in [0.5, 0.6) is 0 Å². The van der Waals surface area contributed by atoms with E-state index in [4.69, 9.17) is 0 Å². The van der Waals surface area contributed by atoms with Gasteiger partial charge in [-0.05, 0) is 76.2 Å². The number of sulfonamides is 1. The molecule has 0 unspecified atom stereocenters. The summed E-state index contributed by atoms with van der Waals surface area (Å²) in [5, 5.41) is 2.88. The lowest BCUT2D eigenvalue weighted by Crippen LogP contribution is -2.42. The molecule has 0 bridgehead atoms. The second-order valence-corrected chi connectivity index (χ2v) is 9.00. The summed E-state index contributed by atoms with van der Waals surface area (Å²) in [7, 11) is -3.83. The second kappa shape index (κ2) is 9.84. The van der Waals surface area contributed by atoms with E-state index in [1.54, 1.807) is 12.1 Å². The van der Waals surface area contributed by atoms with E-state index in [2.05, 4.69) is 42.6 Å². The smallest absolute Gasteiger partial charge is 0.261 e. The molecule has 2 N–H and O–H groups in total. The minimum absolute atomic E-state index is 0.0411. The summed E-state index contributed by atoms with van der Waals surface area (Å²) in [5.41, 5.74) is 0.757. The molecule has 2 aromatic carbocycles. The number of nitrogens with one attached hydrogen (secondary N) is 2. The summed E-state index contributed by atoms with van der Waals surface area (Å²) in [6, 6.07) is 11.5.